The lowest BCUT2D eigenvalue weighted by Gasteiger charge is -2.04. The number of carbonyl (C=O) groups excluding carboxylic acids is 1. The molecule has 2 aromatic heterocycles. The maximum absolute atomic E-state index is 13.0. The standard InChI is InChI=1S/C17H18FN5O3/c1-2-3-8-19-14(24)11-23-17(25)22-10-9-20-16(15(22)21-23)26-13-6-4-12(18)5-7-13/h4-7,9-10H,2-3,8,11H2,1H3,(H,19,24). The zero-order valence-electron chi connectivity index (χ0n) is 14.2. The van der Waals surface area contributed by atoms with Crippen LogP contribution in [0, 0.1) is 5.82 Å². The van der Waals surface area contributed by atoms with Crippen molar-refractivity contribution in [2.45, 2.75) is 26.3 Å². The fraction of sp³-hybridized carbons (Fsp3) is 0.294. The number of unbranched alkanes of at least 4 members (excludes halogenated alkanes) is 1. The van der Waals surface area contributed by atoms with Gasteiger partial charge in [-0.1, -0.05) is 13.3 Å². The first-order valence-corrected chi connectivity index (χ1v) is 8.23. The number of benzene rings is 1. The molecule has 2 heterocycles. The van der Waals surface area contributed by atoms with Crippen LogP contribution in [0.15, 0.2) is 41.5 Å². The van der Waals surface area contributed by atoms with Gasteiger partial charge in [-0.05, 0) is 30.7 Å². The normalized spacial score (nSPS) is 10.8. The molecule has 0 saturated heterocycles. The molecule has 0 aliphatic rings. The Balaban J connectivity index is 1.84. The molecule has 0 unspecified atom stereocenters. The Bertz CT molecular complexity index is 965. The second-order valence-corrected chi connectivity index (χ2v) is 5.63. The lowest BCUT2D eigenvalue weighted by atomic mass is 10.3. The Morgan fingerprint density at radius 3 is 2.81 bits per heavy atom. The number of hydrogen-bond acceptors (Lipinski definition) is 5. The van der Waals surface area contributed by atoms with Gasteiger partial charge in [-0.25, -0.2) is 23.3 Å². The molecule has 26 heavy (non-hydrogen) atoms. The van der Waals surface area contributed by atoms with E-state index in [1.807, 2.05) is 6.92 Å². The highest BCUT2D eigenvalue weighted by atomic mass is 19.1. The molecule has 0 atom stereocenters. The van der Waals surface area contributed by atoms with Crippen molar-refractivity contribution in [3.63, 3.8) is 0 Å². The van der Waals surface area contributed by atoms with Gasteiger partial charge in [0.05, 0.1) is 0 Å². The molecule has 0 saturated carbocycles. The molecule has 1 N–H and O–H groups in total. The number of rotatable bonds is 7. The second kappa shape index (κ2) is 7.77. The van der Waals surface area contributed by atoms with Crippen LogP contribution in [-0.4, -0.2) is 31.6 Å². The SMILES string of the molecule is CCCCNC(=O)Cn1nc2c(Oc3ccc(F)cc3)nccn2c1=O. The summed E-state index contributed by atoms with van der Waals surface area (Å²) >= 11 is 0. The first-order valence-electron chi connectivity index (χ1n) is 8.23. The summed E-state index contributed by atoms with van der Waals surface area (Å²) in [6.07, 6.45) is 4.66. The second-order valence-electron chi connectivity index (χ2n) is 5.63. The minimum atomic E-state index is -0.475. The minimum Gasteiger partial charge on any atom is -0.436 e. The summed E-state index contributed by atoms with van der Waals surface area (Å²) in [6, 6.07) is 5.38. The summed E-state index contributed by atoms with van der Waals surface area (Å²) in [5.41, 5.74) is -0.305. The molecule has 0 aliphatic heterocycles. The Kier molecular flexibility index (Phi) is 5.26. The maximum Gasteiger partial charge on any atom is 0.351 e. The van der Waals surface area contributed by atoms with E-state index in [4.69, 9.17) is 4.74 Å². The lowest BCUT2D eigenvalue weighted by Crippen LogP contribution is -2.33. The van der Waals surface area contributed by atoms with Crippen LogP contribution in [0.2, 0.25) is 0 Å². The summed E-state index contributed by atoms with van der Waals surface area (Å²) in [5, 5.41) is 6.87. The predicted molar refractivity (Wildman–Crippen MR) is 91.6 cm³/mol. The molecule has 0 fully saturated rings. The number of nitrogens with zero attached hydrogens (tertiary/aromatic N) is 4. The number of amides is 1. The average Bonchev–Trinajstić information content (AvgIpc) is 2.94. The Hall–Kier alpha value is -3.23. The smallest absolute Gasteiger partial charge is 0.351 e. The quantitative estimate of drug-likeness (QED) is 0.649. The molecule has 0 aliphatic carbocycles. The molecular weight excluding hydrogens is 341 g/mol. The van der Waals surface area contributed by atoms with Crippen LogP contribution in [0.4, 0.5) is 4.39 Å². The van der Waals surface area contributed by atoms with Crippen molar-refractivity contribution in [1.82, 2.24) is 24.5 Å². The zero-order chi connectivity index (χ0) is 18.5. The first-order chi connectivity index (χ1) is 12.6. The van der Waals surface area contributed by atoms with Gasteiger partial charge in [-0.2, -0.15) is 0 Å². The molecule has 9 heteroatoms. The van der Waals surface area contributed by atoms with Gasteiger partial charge in [-0.3, -0.25) is 4.79 Å². The van der Waals surface area contributed by atoms with Crippen molar-refractivity contribution < 1.29 is 13.9 Å². The van der Waals surface area contributed by atoms with Crippen molar-refractivity contribution in [2.24, 2.45) is 0 Å². The highest BCUT2D eigenvalue weighted by molar-refractivity contribution is 5.75. The number of hydrogen-bond donors (Lipinski definition) is 1. The van der Waals surface area contributed by atoms with Crippen LogP contribution in [0.3, 0.4) is 0 Å². The summed E-state index contributed by atoms with van der Waals surface area (Å²) in [5.74, 6) is -0.247. The number of aromatic nitrogens is 4. The van der Waals surface area contributed by atoms with Crippen molar-refractivity contribution in [3.8, 4) is 11.6 Å². The van der Waals surface area contributed by atoms with E-state index in [0.29, 0.717) is 12.3 Å². The van der Waals surface area contributed by atoms with Crippen LogP contribution in [0.25, 0.3) is 5.65 Å². The largest absolute Gasteiger partial charge is 0.436 e. The molecule has 8 nitrogen and oxygen atoms in total. The van der Waals surface area contributed by atoms with Crippen LogP contribution < -0.4 is 15.7 Å². The lowest BCUT2D eigenvalue weighted by molar-refractivity contribution is -0.121. The Labute approximate surface area is 148 Å². The van der Waals surface area contributed by atoms with Crippen molar-refractivity contribution >= 4 is 11.6 Å². The molecule has 0 bridgehead atoms. The van der Waals surface area contributed by atoms with Crippen LogP contribution in [0.1, 0.15) is 19.8 Å². The first kappa shape index (κ1) is 17.6. The predicted octanol–water partition coefficient (Wildman–Crippen LogP) is 1.74. The van der Waals surface area contributed by atoms with E-state index in [1.54, 1.807) is 0 Å². The number of ether oxygens (including phenoxy) is 1. The number of fused-ring (bicyclic) bond motifs is 1. The van der Waals surface area contributed by atoms with Crippen molar-refractivity contribution in [3.05, 3.63) is 53.0 Å². The van der Waals surface area contributed by atoms with Crippen molar-refractivity contribution in [1.29, 1.82) is 0 Å². The number of carbonyl (C=O) groups is 1. The fourth-order valence-electron chi connectivity index (χ4n) is 2.31. The van der Waals surface area contributed by atoms with Gasteiger partial charge in [0.15, 0.2) is 0 Å². The van der Waals surface area contributed by atoms with E-state index < -0.39 is 11.5 Å². The molecule has 1 amide bonds. The molecule has 136 valence electrons. The Morgan fingerprint density at radius 1 is 1.31 bits per heavy atom. The fourth-order valence-corrected chi connectivity index (χ4v) is 2.31. The minimum absolute atomic E-state index is 0.0846. The van der Waals surface area contributed by atoms with Gasteiger partial charge in [0.25, 0.3) is 5.88 Å². The van der Waals surface area contributed by atoms with Gasteiger partial charge in [0.2, 0.25) is 11.6 Å². The molecular formula is C17H18FN5O3. The third kappa shape index (κ3) is 3.88. The highest BCUT2D eigenvalue weighted by Crippen LogP contribution is 2.21. The van der Waals surface area contributed by atoms with Gasteiger partial charge >= 0.3 is 5.69 Å². The molecule has 0 spiro atoms. The monoisotopic (exact) mass is 359 g/mol. The topological polar surface area (TPSA) is 90.5 Å². The Morgan fingerprint density at radius 2 is 2.08 bits per heavy atom. The molecule has 1 aromatic carbocycles. The van der Waals surface area contributed by atoms with Gasteiger partial charge in [0, 0.05) is 18.9 Å². The average molecular weight is 359 g/mol. The van der Waals surface area contributed by atoms with E-state index >= 15 is 0 Å². The van der Waals surface area contributed by atoms with E-state index in [2.05, 4.69) is 15.4 Å². The zero-order valence-corrected chi connectivity index (χ0v) is 14.2. The molecule has 0 radical (unpaired) electrons. The van der Waals surface area contributed by atoms with Gasteiger partial charge in [0.1, 0.15) is 18.1 Å². The number of halogens is 1. The van der Waals surface area contributed by atoms with Crippen LogP contribution in [-0.2, 0) is 11.3 Å². The summed E-state index contributed by atoms with van der Waals surface area (Å²) in [6.45, 7) is 2.38. The third-order valence-electron chi connectivity index (χ3n) is 3.64. The van der Waals surface area contributed by atoms with Crippen LogP contribution >= 0.6 is 0 Å². The van der Waals surface area contributed by atoms with E-state index in [9.17, 15) is 14.0 Å². The van der Waals surface area contributed by atoms with E-state index in [-0.39, 0.29) is 24.0 Å². The van der Waals surface area contributed by atoms with Gasteiger partial charge < -0.3 is 10.1 Å². The summed E-state index contributed by atoms with van der Waals surface area (Å²) in [7, 11) is 0. The van der Waals surface area contributed by atoms with E-state index in [1.165, 1.54) is 41.1 Å². The van der Waals surface area contributed by atoms with E-state index in [0.717, 1.165) is 17.5 Å². The van der Waals surface area contributed by atoms with Gasteiger partial charge in [-0.15, -0.1) is 5.10 Å². The van der Waals surface area contributed by atoms with Crippen LogP contribution in [0.5, 0.6) is 11.6 Å². The molecule has 3 rings (SSSR count). The third-order valence-corrected chi connectivity index (χ3v) is 3.64. The highest BCUT2D eigenvalue weighted by Gasteiger charge is 2.15. The van der Waals surface area contributed by atoms with Crippen molar-refractivity contribution in [2.75, 3.05) is 6.54 Å². The summed E-state index contributed by atoms with van der Waals surface area (Å²) in [4.78, 5) is 28.4. The summed E-state index contributed by atoms with van der Waals surface area (Å²) < 4.78 is 20.9. The molecule has 3 aromatic rings. The number of nitrogens with one attached hydrogen (secondary N) is 1. The maximum atomic E-state index is 13.0.